The molecule has 0 atom stereocenters. The summed E-state index contributed by atoms with van der Waals surface area (Å²) in [5.74, 6) is 0.756. The van der Waals surface area contributed by atoms with Gasteiger partial charge in [-0.2, -0.15) is 11.8 Å². The molecule has 0 radical (unpaired) electrons. The van der Waals surface area contributed by atoms with Crippen molar-refractivity contribution in [3.05, 3.63) is 97.8 Å². The number of thioether (sulfide) groups is 1. The van der Waals surface area contributed by atoms with Gasteiger partial charge in [-0.25, -0.2) is 0 Å². The third kappa shape index (κ3) is 7.43. The maximum atomic E-state index is 12.7. The van der Waals surface area contributed by atoms with Crippen molar-refractivity contribution in [3.8, 4) is 0 Å². The second-order valence-electron chi connectivity index (χ2n) is 6.44. The van der Waals surface area contributed by atoms with E-state index >= 15 is 0 Å². The SMILES string of the molecule is O=C(NCCSCc1ccc(Cl)cc1Cl)/C(=C/c1cccs1)NC(=O)c1ccccc1. The van der Waals surface area contributed by atoms with Crippen LogP contribution in [-0.2, 0) is 10.5 Å². The van der Waals surface area contributed by atoms with Crippen molar-refractivity contribution in [2.24, 2.45) is 0 Å². The predicted molar refractivity (Wildman–Crippen MR) is 132 cm³/mol. The Labute approximate surface area is 199 Å². The molecular formula is C23H20Cl2N2O2S2. The van der Waals surface area contributed by atoms with Crippen molar-refractivity contribution in [2.45, 2.75) is 5.75 Å². The summed E-state index contributed by atoms with van der Waals surface area (Å²) in [6, 6.07) is 18.0. The number of hydrogen-bond acceptors (Lipinski definition) is 4. The third-order valence-corrected chi connectivity index (χ3v) is 6.58. The highest BCUT2D eigenvalue weighted by molar-refractivity contribution is 7.98. The molecule has 2 amide bonds. The van der Waals surface area contributed by atoms with Crippen molar-refractivity contribution >= 4 is 64.2 Å². The van der Waals surface area contributed by atoms with E-state index in [0.29, 0.717) is 33.7 Å². The first-order valence-corrected chi connectivity index (χ1v) is 12.2. The first kappa shape index (κ1) is 23.4. The average molecular weight is 491 g/mol. The molecule has 3 rings (SSSR count). The maximum absolute atomic E-state index is 12.7. The van der Waals surface area contributed by atoms with E-state index in [1.54, 1.807) is 48.2 Å². The Morgan fingerprint density at radius 3 is 2.55 bits per heavy atom. The number of carbonyl (C=O) groups excluding carboxylic acids is 2. The van der Waals surface area contributed by atoms with Gasteiger partial charge in [0.15, 0.2) is 0 Å². The minimum Gasteiger partial charge on any atom is -0.350 e. The molecule has 2 N–H and O–H groups in total. The van der Waals surface area contributed by atoms with Crippen molar-refractivity contribution < 1.29 is 9.59 Å². The second-order valence-corrected chi connectivity index (χ2v) is 9.37. The van der Waals surface area contributed by atoms with Crippen molar-refractivity contribution in [2.75, 3.05) is 12.3 Å². The topological polar surface area (TPSA) is 58.2 Å². The summed E-state index contributed by atoms with van der Waals surface area (Å²) >= 11 is 15.2. The molecule has 8 heteroatoms. The van der Waals surface area contributed by atoms with E-state index in [9.17, 15) is 9.59 Å². The highest BCUT2D eigenvalue weighted by Crippen LogP contribution is 2.24. The number of amides is 2. The van der Waals surface area contributed by atoms with E-state index < -0.39 is 0 Å². The molecule has 0 aliphatic heterocycles. The zero-order chi connectivity index (χ0) is 22.1. The summed E-state index contributed by atoms with van der Waals surface area (Å²) in [5.41, 5.74) is 1.70. The van der Waals surface area contributed by atoms with Crippen LogP contribution in [0.1, 0.15) is 20.8 Å². The summed E-state index contributed by atoms with van der Waals surface area (Å²) in [6.07, 6.45) is 1.68. The van der Waals surface area contributed by atoms with E-state index in [1.165, 1.54) is 11.3 Å². The lowest BCUT2D eigenvalue weighted by Crippen LogP contribution is -2.35. The summed E-state index contributed by atoms with van der Waals surface area (Å²) < 4.78 is 0. The molecular weight excluding hydrogens is 471 g/mol. The lowest BCUT2D eigenvalue weighted by atomic mass is 10.2. The Bertz CT molecular complexity index is 1050. The van der Waals surface area contributed by atoms with Gasteiger partial charge in [-0.05, 0) is 47.4 Å². The van der Waals surface area contributed by atoms with Gasteiger partial charge in [0, 0.05) is 38.5 Å². The fourth-order valence-corrected chi connectivity index (χ4v) is 4.69. The van der Waals surface area contributed by atoms with Gasteiger partial charge < -0.3 is 10.6 Å². The molecule has 0 unspecified atom stereocenters. The molecule has 0 aliphatic carbocycles. The van der Waals surface area contributed by atoms with Gasteiger partial charge in [0.25, 0.3) is 11.8 Å². The highest BCUT2D eigenvalue weighted by Gasteiger charge is 2.14. The van der Waals surface area contributed by atoms with E-state index in [2.05, 4.69) is 10.6 Å². The third-order valence-electron chi connectivity index (χ3n) is 4.16. The molecule has 2 aromatic carbocycles. The van der Waals surface area contributed by atoms with Crippen LogP contribution in [0.4, 0.5) is 0 Å². The van der Waals surface area contributed by atoms with Crippen molar-refractivity contribution in [3.63, 3.8) is 0 Å². The standard InChI is InChI=1S/C23H20Cl2N2O2S2/c24-18-9-8-17(20(25)13-18)15-30-12-10-26-23(29)21(14-19-7-4-11-31-19)27-22(28)16-5-2-1-3-6-16/h1-9,11,13-14H,10,12,15H2,(H,26,29)(H,27,28)/b21-14-. The number of nitrogens with one attached hydrogen (secondary N) is 2. The molecule has 0 saturated carbocycles. The Balaban J connectivity index is 1.55. The number of carbonyl (C=O) groups is 2. The van der Waals surface area contributed by atoms with Crippen LogP contribution in [-0.4, -0.2) is 24.1 Å². The van der Waals surface area contributed by atoms with Crippen LogP contribution in [0, 0.1) is 0 Å². The molecule has 1 heterocycles. The minimum atomic E-state index is -0.331. The van der Waals surface area contributed by atoms with Crippen LogP contribution in [0.2, 0.25) is 10.0 Å². The Kier molecular flexibility index (Phi) is 9.03. The smallest absolute Gasteiger partial charge is 0.267 e. The maximum Gasteiger partial charge on any atom is 0.267 e. The molecule has 0 bridgehead atoms. The van der Waals surface area contributed by atoms with Crippen LogP contribution in [0.5, 0.6) is 0 Å². The Morgan fingerprint density at radius 1 is 1.03 bits per heavy atom. The van der Waals surface area contributed by atoms with Gasteiger partial charge >= 0.3 is 0 Å². The van der Waals surface area contributed by atoms with Crippen LogP contribution < -0.4 is 10.6 Å². The zero-order valence-electron chi connectivity index (χ0n) is 16.4. The predicted octanol–water partition coefficient (Wildman–Crippen LogP) is 5.88. The molecule has 31 heavy (non-hydrogen) atoms. The van der Waals surface area contributed by atoms with Gasteiger partial charge in [0.05, 0.1) is 0 Å². The van der Waals surface area contributed by atoms with Crippen LogP contribution in [0.25, 0.3) is 6.08 Å². The fourth-order valence-electron chi connectivity index (χ4n) is 2.61. The molecule has 0 aliphatic rings. The molecule has 0 saturated heterocycles. The normalized spacial score (nSPS) is 11.2. The van der Waals surface area contributed by atoms with Gasteiger partial charge in [-0.15, -0.1) is 11.3 Å². The van der Waals surface area contributed by atoms with Gasteiger partial charge in [0.2, 0.25) is 0 Å². The largest absolute Gasteiger partial charge is 0.350 e. The quantitative estimate of drug-likeness (QED) is 0.291. The summed E-state index contributed by atoms with van der Waals surface area (Å²) in [7, 11) is 0. The highest BCUT2D eigenvalue weighted by atomic mass is 35.5. The molecule has 1 aromatic heterocycles. The molecule has 160 valence electrons. The minimum absolute atomic E-state index is 0.210. The van der Waals surface area contributed by atoms with E-state index in [0.717, 1.165) is 10.4 Å². The van der Waals surface area contributed by atoms with Gasteiger partial charge in [-0.1, -0.05) is 53.5 Å². The summed E-state index contributed by atoms with van der Waals surface area (Å²) in [5, 5.41) is 8.75. The monoisotopic (exact) mass is 490 g/mol. The van der Waals surface area contributed by atoms with E-state index in [4.69, 9.17) is 23.2 Å². The Morgan fingerprint density at radius 2 is 1.84 bits per heavy atom. The summed E-state index contributed by atoms with van der Waals surface area (Å²) in [4.78, 5) is 26.1. The molecule has 0 spiro atoms. The van der Waals surface area contributed by atoms with Crippen molar-refractivity contribution in [1.29, 1.82) is 0 Å². The van der Waals surface area contributed by atoms with Crippen LogP contribution in [0.15, 0.2) is 71.7 Å². The lowest BCUT2D eigenvalue weighted by molar-refractivity contribution is -0.117. The number of rotatable bonds is 9. The summed E-state index contributed by atoms with van der Waals surface area (Å²) in [6.45, 7) is 0.456. The van der Waals surface area contributed by atoms with Crippen LogP contribution in [0.3, 0.4) is 0 Å². The van der Waals surface area contributed by atoms with Gasteiger partial charge in [-0.3, -0.25) is 9.59 Å². The van der Waals surface area contributed by atoms with Gasteiger partial charge in [0.1, 0.15) is 5.70 Å². The number of benzene rings is 2. The zero-order valence-corrected chi connectivity index (χ0v) is 19.6. The first-order chi connectivity index (χ1) is 15.0. The average Bonchev–Trinajstić information content (AvgIpc) is 3.28. The fraction of sp³-hybridized carbons (Fsp3) is 0.130. The van der Waals surface area contributed by atoms with E-state index in [-0.39, 0.29) is 17.5 Å². The molecule has 4 nitrogen and oxygen atoms in total. The first-order valence-electron chi connectivity index (χ1n) is 9.44. The van der Waals surface area contributed by atoms with E-state index in [1.807, 2.05) is 35.7 Å². The molecule has 3 aromatic rings. The second kappa shape index (κ2) is 12.0. The number of thiophene rings is 1. The number of hydrogen-bond donors (Lipinski definition) is 2. The number of halogens is 2. The van der Waals surface area contributed by atoms with Crippen LogP contribution >= 0.6 is 46.3 Å². The molecule has 0 fully saturated rings. The van der Waals surface area contributed by atoms with Crippen molar-refractivity contribution in [1.82, 2.24) is 10.6 Å². The Hall–Kier alpha value is -2.25. The lowest BCUT2D eigenvalue weighted by Gasteiger charge is -2.11.